The Kier molecular flexibility index (Phi) is 4.64. The van der Waals surface area contributed by atoms with Crippen LogP contribution in [0.4, 0.5) is 23.8 Å². The zero-order chi connectivity index (χ0) is 24.4. The van der Waals surface area contributed by atoms with E-state index in [4.69, 9.17) is 5.73 Å². The van der Waals surface area contributed by atoms with Crippen molar-refractivity contribution in [1.29, 1.82) is 0 Å². The molecule has 1 atom stereocenters. The average molecular weight is 483 g/mol. The fraction of sp³-hybridized carbons (Fsp3) is 0.417. The first-order valence-corrected chi connectivity index (χ1v) is 11.6. The van der Waals surface area contributed by atoms with Gasteiger partial charge in [0.05, 0.1) is 22.5 Å². The largest absolute Gasteiger partial charge is 0.419 e. The number of nitrogen functional groups attached to an aromatic ring is 1. The van der Waals surface area contributed by atoms with E-state index in [2.05, 4.69) is 20.4 Å². The van der Waals surface area contributed by atoms with Crippen molar-refractivity contribution >= 4 is 11.8 Å². The number of nitrogens with one attached hydrogen (secondary N) is 1. The van der Waals surface area contributed by atoms with Gasteiger partial charge in [0, 0.05) is 48.7 Å². The van der Waals surface area contributed by atoms with Crippen LogP contribution in [0.1, 0.15) is 42.6 Å². The third-order valence-corrected chi connectivity index (χ3v) is 7.54. The fourth-order valence-corrected chi connectivity index (χ4v) is 5.40. The summed E-state index contributed by atoms with van der Waals surface area (Å²) in [6.07, 6.45) is 1.79. The van der Waals surface area contributed by atoms with Gasteiger partial charge in [-0.25, -0.2) is 9.78 Å². The number of hydrogen-bond donors (Lipinski definition) is 2. The van der Waals surface area contributed by atoms with Crippen molar-refractivity contribution < 1.29 is 18.0 Å². The van der Waals surface area contributed by atoms with Crippen molar-refractivity contribution in [2.45, 2.75) is 49.4 Å². The molecule has 1 saturated carbocycles. The van der Waals surface area contributed by atoms with Crippen LogP contribution in [-0.4, -0.2) is 43.8 Å². The molecule has 5 heterocycles. The molecule has 2 aliphatic heterocycles. The van der Waals surface area contributed by atoms with E-state index in [1.54, 1.807) is 6.20 Å². The monoisotopic (exact) mass is 483 g/mol. The highest BCUT2D eigenvalue weighted by atomic mass is 19.4. The number of halogens is 3. The van der Waals surface area contributed by atoms with E-state index in [0.717, 1.165) is 43.1 Å². The molecule has 3 aromatic heterocycles. The summed E-state index contributed by atoms with van der Waals surface area (Å²) in [5, 5.41) is 7.74. The lowest BCUT2D eigenvalue weighted by Crippen LogP contribution is -2.45. The first-order chi connectivity index (χ1) is 16.7. The Labute approximate surface area is 199 Å². The molecule has 0 radical (unpaired) electrons. The highest BCUT2D eigenvalue weighted by molar-refractivity contribution is 5.76. The Hall–Kier alpha value is -3.63. The molecule has 11 heteroatoms. The van der Waals surface area contributed by atoms with E-state index < -0.39 is 23.1 Å². The second-order valence-electron chi connectivity index (χ2n) is 9.72. The molecule has 6 rings (SSSR count). The lowest BCUT2D eigenvalue weighted by molar-refractivity contribution is -0.137. The van der Waals surface area contributed by atoms with Gasteiger partial charge in [0.2, 0.25) is 0 Å². The van der Waals surface area contributed by atoms with Gasteiger partial charge >= 0.3 is 12.2 Å². The lowest BCUT2D eigenvalue weighted by atomic mass is 9.82. The zero-order valence-electron chi connectivity index (χ0n) is 18.8. The first kappa shape index (κ1) is 21.9. The first-order valence-electron chi connectivity index (χ1n) is 11.6. The minimum Gasteiger partial charge on any atom is -0.383 e. The zero-order valence-corrected chi connectivity index (χ0v) is 18.8. The number of carbonyl (C=O) groups excluding carboxylic acids is 1. The Morgan fingerprint density at radius 3 is 2.60 bits per heavy atom. The summed E-state index contributed by atoms with van der Waals surface area (Å²) in [6.45, 7) is 1.79. The van der Waals surface area contributed by atoms with Crippen LogP contribution < -0.4 is 11.1 Å². The van der Waals surface area contributed by atoms with Crippen LogP contribution in [0.25, 0.3) is 11.3 Å². The molecular weight excluding hydrogens is 459 g/mol. The van der Waals surface area contributed by atoms with Crippen molar-refractivity contribution in [3.05, 3.63) is 59.7 Å². The van der Waals surface area contributed by atoms with Crippen molar-refractivity contribution in [2.24, 2.45) is 0 Å². The smallest absolute Gasteiger partial charge is 0.383 e. The third kappa shape index (κ3) is 3.60. The second-order valence-corrected chi connectivity index (χ2v) is 9.72. The van der Waals surface area contributed by atoms with Gasteiger partial charge in [-0.1, -0.05) is 6.07 Å². The number of nitrogens with zero attached hydrogens (tertiary/aromatic N) is 5. The van der Waals surface area contributed by atoms with Crippen LogP contribution >= 0.6 is 0 Å². The SMILES string of the molecule is Nc1ncc(-c2cc3n(n2)CC[C@@]32CCN(C(=O)NC3(c4ccccn4)CC3)C2)cc1C(F)(F)F. The van der Waals surface area contributed by atoms with E-state index in [1.807, 2.05) is 33.8 Å². The summed E-state index contributed by atoms with van der Waals surface area (Å²) in [4.78, 5) is 23.1. The highest BCUT2D eigenvalue weighted by Crippen LogP contribution is 2.47. The Balaban J connectivity index is 1.22. The average Bonchev–Trinajstić information content (AvgIpc) is 3.18. The number of pyridine rings is 2. The van der Waals surface area contributed by atoms with Crippen molar-refractivity contribution in [2.75, 3.05) is 18.8 Å². The quantitative estimate of drug-likeness (QED) is 0.592. The maximum Gasteiger partial charge on any atom is 0.419 e. The number of likely N-dealkylation sites (tertiary alicyclic amines) is 1. The molecular formula is C24H24F3N7O. The number of urea groups is 1. The Morgan fingerprint density at radius 1 is 1.09 bits per heavy atom. The number of amides is 2. The van der Waals surface area contributed by atoms with Crippen LogP contribution in [-0.2, 0) is 23.7 Å². The molecule has 8 nitrogen and oxygen atoms in total. The molecule has 3 aliphatic rings. The molecule has 182 valence electrons. The molecule has 1 aliphatic carbocycles. The van der Waals surface area contributed by atoms with Crippen LogP contribution in [0.15, 0.2) is 42.7 Å². The molecule has 2 amide bonds. The molecule has 3 aromatic rings. The predicted molar refractivity (Wildman–Crippen MR) is 121 cm³/mol. The molecule has 2 fully saturated rings. The molecule has 3 N–H and O–H groups in total. The molecule has 0 aromatic carbocycles. The molecule has 1 spiro atoms. The van der Waals surface area contributed by atoms with E-state index in [1.165, 1.54) is 6.20 Å². The van der Waals surface area contributed by atoms with Gasteiger partial charge in [0.25, 0.3) is 0 Å². The number of hydrogen-bond acceptors (Lipinski definition) is 5. The lowest BCUT2D eigenvalue weighted by Gasteiger charge is -2.25. The maximum absolute atomic E-state index is 13.3. The topological polar surface area (TPSA) is 102 Å². The van der Waals surface area contributed by atoms with Crippen LogP contribution in [0, 0.1) is 0 Å². The number of aryl methyl sites for hydroxylation is 1. The van der Waals surface area contributed by atoms with E-state index >= 15 is 0 Å². The predicted octanol–water partition coefficient (Wildman–Crippen LogP) is 3.69. The summed E-state index contributed by atoms with van der Waals surface area (Å²) >= 11 is 0. The van der Waals surface area contributed by atoms with E-state index in [0.29, 0.717) is 25.3 Å². The van der Waals surface area contributed by atoms with Crippen LogP contribution in [0.5, 0.6) is 0 Å². The number of alkyl halides is 3. The normalized spacial score (nSPS) is 22.4. The van der Waals surface area contributed by atoms with Crippen LogP contribution in [0.3, 0.4) is 0 Å². The van der Waals surface area contributed by atoms with E-state index in [9.17, 15) is 18.0 Å². The standard InChI is InChI=1S/C24H24F3N7O/c25-24(26,27)16-11-15(13-30-20(16)28)17-12-19-22(7-10-34(19)32-17)6-9-33(14-22)21(35)31-23(4-5-23)18-3-1-2-8-29-18/h1-3,8,11-13H,4-7,9-10,14H2,(H2,28,30)(H,31,35)/t22-/m1/s1. The van der Waals surface area contributed by atoms with Gasteiger partial charge in [0.1, 0.15) is 5.82 Å². The molecule has 0 bridgehead atoms. The van der Waals surface area contributed by atoms with Gasteiger partial charge in [-0.15, -0.1) is 0 Å². The number of aromatic nitrogens is 4. The molecule has 0 unspecified atom stereocenters. The van der Waals surface area contributed by atoms with Crippen LogP contribution in [0.2, 0.25) is 0 Å². The van der Waals surface area contributed by atoms with Gasteiger partial charge < -0.3 is 16.0 Å². The number of carbonyl (C=O) groups is 1. The van der Waals surface area contributed by atoms with Gasteiger partial charge in [-0.3, -0.25) is 9.67 Å². The van der Waals surface area contributed by atoms with Gasteiger partial charge in [-0.05, 0) is 49.9 Å². The summed E-state index contributed by atoms with van der Waals surface area (Å²) in [6, 6.07) is 8.43. The second kappa shape index (κ2) is 7.43. The summed E-state index contributed by atoms with van der Waals surface area (Å²) in [5.74, 6) is -0.555. The number of rotatable bonds is 3. The Morgan fingerprint density at radius 2 is 1.89 bits per heavy atom. The maximum atomic E-state index is 13.3. The number of nitrogens with two attached hydrogens (primary N) is 1. The van der Waals surface area contributed by atoms with Crippen molar-refractivity contribution in [3.8, 4) is 11.3 Å². The van der Waals surface area contributed by atoms with Gasteiger partial charge in [-0.2, -0.15) is 18.3 Å². The minimum absolute atomic E-state index is 0.110. The number of anilines is 1. The third-order valence-electron chi connectivity index (χ3n) is 7.54. The summed E-state index contributed by atoms with van der Waals surface area (Å²) < 4.78 is 41.8. The Bertz CT molecular complexity index is 1300. The van der Waals surface area contributed by atoms with E-state index in [-0.39, 0.29) is 17.0 Å². The highest BCUT2D eigenvalue weighted by Gasteiger charge is 2.51. The molecule has 35 heavy (non-hydrogen) atoms. The summed E-state index contributed by atoms with van der Waals surface area (Å²) in [5.41, 5.74) is 6.33. The summed E-state index contributed by atoms with van der Waals surface area (Å²) in [7, 11) is 0. The van der Waals surface area contributed by atoms with Crippen molar-refractivity contribution in [1.82, 2.24) is 30.0 Å². The molecule has 1 saturated heterocycles. The minimum atomic E-state index is -4.59. The number of fused-ring (bicyclic) bond motifs is 2. The van der Waals surface area contributed by atoms with Gasteiger partial charge in [0.15, 0.2) is 0 Å². The van der Waals surface area contributed by atoms with Crippen molar-refractivity contribution in [3.63, 3.8) is 0 Å². The fourth-order valence-electron chi connectivity index (χ4n) is 5.40.